The van der Waals surface area contributed by atoms with Crippen LogP contribution in [0, 0.1) is 0 Å². The fourth-order valence-electron chi connectivity index (χ4n) is 2.20. The van der Waals surface area contributed by atoms with E-state index in [1.807, 2.05) is 24.3 Å². The van der Waals surface area contributed by atoms with E-state index < -0.39 is 11.9 Å². The van der Waals surface area contributed by atoms with Gasteiger partial charge in [0.15, 0.2) is 0 Å². The summed E-state index contributed by atoms with van der Waals surface area (Å²) in [4.78, 5) is 16.4. The predicted octanol–water partition coefficient (Wildman–Crippen LogP) is 2.94. The molecule has 6 heteroatoms. The molecule has 0 spiro atoms. The van der Waals surface area contributed by atoms with Crippen molar-refractivity contribution in [2.75, 3.05) is 6.61 Å². The molecule has 22 heavy (non-hydrogen) atoms. The minimum atomic E-state index is -0.630. The first-order valence-electron chi connectivity index (χ1n) is 6.69. The quantitative estimate of drug-likeness (QED) is 0.726. The summed E-state index contributed by atoms with van der Waals surface area (Å²) in [5.74, 6) is 0.0471. The van der Waals surface area contributed by atoms with E-state index in [-0.39, 0.29) is 17.5 Å². The molecule has 2 aromatic heterocycles. The zero-order valence-electron chi connectivity index (χ0n) is 11.5. The number of furan rings is 1. The van der Waals surface area contributed by atoms with Crippen LogP contribution in [0.25, 0.3) is 10.8 Å². The summed E-state index contributed by atoms with van der Waals surface area (Å²) in [6.45, 7) is -0.277. The number of nitrogens with one attached hydrogen (secondary N) is 1. The molecule has 0 aliphatic carbocycles. The van der Waals surface area contributed by atoms with Crippen LogP contribution in [0.15, 0.2) is 53.1 Å². The number of hydrogen-bond donors (Lipinski definition) is 2. The van der Waals surface area contributed by atoms with Crippen molar-refractivity contribution in [1.29, 1.82) is 0 Å². The summed E-state index contributed by atoms with van der Waals surface area (Å²) < 4.78 is 5.20. The van der Waals surface area contributed by atoms with Crippen LogP contribution in [0.4, 0.5) is 0 Å². The number of nitrogens with zero attached hydrogens (tertiary/aromatic N) is 1. The van der Waals surface area contributed by atoms with Gasteiger partial charge in [0.1, 0.15) is 22.6 Å². The number of aliphatic hydroxyl groups excluding tert-OH is 1. The number of carbonyl (C=O) groups excluding carboxylic acids is 1. The van der Waals surface area contributed by atoms with Gasteiger partial charge >= 0.3 is 0 Å². The van der Waals surface area contributed by atoms with Crippen LogP contribution in [-0.2, 0) is 0 Å². The van der Waals surface area contributed by atoms with Crippen LogP contribution >= 0.6 is 11.6 Å². The second kappa shape index (κ2) is 6.17. The van der Waals surface area contributed by atoms with E-state index in [9.17, 15) is 9.90 Å². The van der Waals surface area contributed by atoms with Crippen molar-refractivity contribution in [3.05, 3.63) is 65.3 Å². The Hall–Kier alpha value is -2.37. The first-order valence-corrected chi connectivity index (χ1v) is 7.07. The van der Waals surface area contributed by atoms with Gasteiger partial charge in [-0.05, 0) is 23.6 Å². The number of halogens is 1. The molecule has 3 rings (SSSR count). The number of hydrogen-bond acceptors (Lipinski definition) is 4. The van der Waals surface area contributed by atoms with Gasteiger partial charge in [0.05, 0.1) is 12.9 Å². The largest absolute Gasteiger partial charge is 0.467 e. The fourth-order valence-corrected chi connectivity index (χ4v) is 2.46. The summed E-state index contributed by atoms with van der Waals surface area (Å²) in [6.07, 6.45) is 1.48. The zero-order valence-corrected chi connectivity index (χ0v) is 12.2. The monoisotopic (exact) mass is 316 g/mol. The standard InChI is InChI=1S/C16H13ClN2O3/c17-15-11-5-2-1-4-10(11)8-12(18-15)16(21)19-13(9-20)14-6-3-7-22-14/h1-8,13,20H,9H2,(H,19,21). The molecular weight excluding hydrogens is 304 g/mol. The first-order chi connectivity index (χ1) is 10.7. The van der Waals surface area contributed by atoms with Gasteiger partial charge in [-0.15, -0.1) is 0 Å². The molecule has 0 saturated carbocycles. The van der Waals surface area contributed by atoms with Crippen molar-refractivity contribution in [2.24, 2.45) is 0 Å². The van der Waals surface area contributed by atoms with Crippen molar-refractivity contribution >= 4 is 28.3 Å². The smallest absolute Gasteiger partial charge is 0.270 e. The number of aromatic nitrogens is 1. The maximum absolute atomic E-state index is 12.3. The Balaban J connectivity index is 1.89. The minimum Gasteiger partial charge on any atom is -0.467 e. The lowest BCUT2D eigenvalue weighted by Gasteiger charge is -2.14. The molecule has 0 aliphatic heterocycles. The highest BCUT2D eigenvalue weighted by atomic mass is 35.5. The summed E-state index contributed by atoms with van der Waals surface area (Å²) in [5.41, 5.74) is 0.189. The maximum atomic E-state index is 12.3. The third kappa shape index (κ3) is 2.81. The molecule has 2 heterocycles. The third-order valence-corrected chi connectivity index (χ3v) is 3.59. The van der Waals surface area contributed by atoms with Crippen LogP contribution in [0.3, 0.4) is 0 Å². The normalized spacial score (nSPS) is 12.3. The highest BCUT2D eigenvalue weighted by Crippen LogP contribution is 2.22. The number of aliphatic hydroxyl groups is 1. The molecule has 112 valence electrons. The molecule has 2 N–H and O–H groups in total. The molecule has 1 unspecified atom stereocenters. The van der Waals surface area contributed by atoms with Gasteiger partial charge in [-0.3, -0.25) is 4.79 Å². The number of benzene rings is 1. The van der Waals surface area contributed by atoms with E-state index in [0.29, 0.717) is 5.76 Å². The lowest BCUT2D eigenvalue weighted by atomic mass is 10.1. The van der Waals surface area contributed by atoms with E-state index in [2.05, 4.69) is 10.3 Å². The molecule has 0 radical (unpaired) electrons. The van der Waals surface area contributed by atoms with E-state index in [1.54, 1.807) is 18.2 Å². The second-order valence-electron chi connectivity index (χ2n) is 4.74. The van der Waals surface area contributed by atoms with Crippen molar-refractivity contribution < 1.29 is 14.3 Å². The van der Waals surface area contributed by atoms with Crippen molar-refractivity contribution in [2.45, 2.75) is 6.04 Å². The summed E-state index contributed by atoms with van der Waals surface area (Å²) in [7, 11) is 0. The zero-order chi connectivity index (χ0) is 15.5. The summed E-state index contributed by atoms with van der Waals surface area (Å²) in [6, 6.07) is 11.8. The van der Waals surface area contributed by atoms with Crippen molar-refractivity contribution in [3.63, 3.8) is 0 Å². The Bertz CT molecular complexity index is 802. The van der Waals surface area contributed by atoms with Crippen LogP contribution in [0.2, 0.25) is 5.15 Å². The van der Waals surface area contributed by atoms with Gasteiger partial charge in [-0.25, -0.2) is 4.98 Å². The molecule has 3 aromatic rings. The van der Waals surface area contributed by atoms with Gasteiger partial charge < -0.3 is 14.8 Å². The van der Waals surface area contributed by atoms with Crippen LogP contribution in [0.1, 0.15) is 22.3 Å². The molecular formula is C16H13ClN2O3. The van der Waals surface area contributed by atoms with Crippen molar-refractivity contribution in [3.8, 4) is 0 Å². The number of carbonyl (C=O) groups is 1. The maximum Gasteiger partial charge on any atom is 0.270 e. The number of amides is 1. The third-order valence-electron chi connectivity index (χ3n) is 3.30. The lowest BCUT2D eigenvalue weighted by molar-refractivity contribution is 0.0902. The van der Waals surface area contributed by atoms with Gasteiger partial charge in [-0.2, -0.15) is 0 Å². The van der Waals surface area contributed by atoms with Crippen LogP contribution in [-0.4, -0.2) is 22.6 Å². The van der Waals surface area contributed by atoms with Crippen molar-refractivity contribution in [1.82, 2.24) is 10.3 Å². The summed E-state index contributed by atoms with van der Waals surface area (Å²) in [5, 5.41) is 13.9. The highest BCUT2D eigenvalue weighted by Gasteiger charge is 2.19. The number of fused-ring (bicyclic) bond motifs is 1. The molecule has 1 amide bonds. The SMILES string of the molecule is O=C(NC(CO)c1ccco1)c1cc2ccccc2c(Cl)n1. The van der Waals surface area contributed by atoms with Gasteiger partial charge in [0.2, 0.25) is 0 Å². The number of pyridine rings is 1. The van der Waals surface area contributed by atoms with Crippen LogP contribution in [0.5, 0.6) is 0 Å². The molecule has 0 aliphatic rings. The molecule has 0 fully saturated rings. The average Bonchev–Trinajstić information content (AvgIpc) is 3.06. The van der Waals surface area contributed by atoms with Crippen LogP contribution < -0.4 is 5.32 Å². The molecule has 1 aromatic carbocycles. The molecule has 0 bridgehead atoms. The van der Waals surface area contributed by atoms with E-state index in [4.69, 9.17) is 16.0 Å². The number of rotatable bonds is 4. The minimum absolute atomic E-state index is 0.189. The van der Waals surface area contributed by atoms with Gasteiger partial charge in [0, 0.05) is 5.39 Å². The predicted molar refractivity (Wildman–Crippen MR) is 82.8 cm³/mol. The van der Waals surface area contributed by atoms with E-state index >= 15 is 0 Å². The fraction of sp³-hybridized carbons (Fsp3) is 0.125. The topological polar surface area (TPSA) is 75.4 Å². The highest BCUT2D eigenvalue weighted by molar-refractivity contribution is 6.34. The molecule has 5 nitrogen and oxygen atoms in total. The molecule has 0 saturated heterocycles. The van der Waals surface area contributed by atoms with Gasteiger partial charge in [-0.1, -0.05) is 35.9 Å². The second-order valence-corrected chi connectivity index (χ2v) is 5.10. The lowest BCUT2D eigenvalue weighted by Crippen LogP contribution is -2.31. The van der Waals surface area contributed by atoms with Gasteiger partial charge in [0.25, 0.3) is 5.91 Å². The average molecular weight is 317 g/mol. The van der Waals surface area contributed by atoms with E-state index in [0.717, 1.165) is 10.8 Å². The Labute approximate surface area is 131 Å². The Kier molecular flexibility index (Phi) is 4.09. The summed E-state index contributed by atoms with van der Waals surface area (Å²) >= 11 is 6.12. The Morgan fingerprint density at radius 3 is 2.86 bits per heavy atom. The molecule has 1 atom stereocenters. The van der Waals surface area contributed by atoms with E-state index in [1.165, 1.54) is 6.26 Å². The Morgan fingerprint density at radius 1 is 1.32 bits per heavy atom. The first kappa shape index (κ1) is 14.6. The Morgan fingerprint density at radius 2 is 2.14 bits per heavy atom.